The summed E-state index contributed by atoms with van der Waals surface area (Å²) in [7, 11) is 0. The Labute approximate surface area is 113 Å². The van der Waals surface area contributed by atoms with Gasteiger partial charge in [0.25, 0.3) is 5.91 Å². The second-order valence-electron chi connectivity index (χ2n) is 4.89. The second-order valence-corrected chi connectivity index (χ2v) is 5.77. The van der Waals surface area contributed by atoms with Crippen LogP contribution in [0, 0.1) is 5.92 Å². The van der Waals surface area contributed by atoms with E-state index >= 15 is 0 Å². The third-order valence-corrected chi connectivity index (χ3v) is 4.34. The van der Waals surface area contributed by atoms with Crippen LogP contribution < -0.4 is 5.73 Å². The number of carbonyl (C=O) groups is 1. The van der Waals surface area contributed by atoms with Crippen molar-refractivity contribution in [1.82, 2.24) is 4.90 Å². The zero-order valence-corrected chi connectivity index (χ0v) is 11.7. The molecule has 0 aliphatic carbocycles. The number of rotatable bonds is 3. The first-order chi connectivity index (χ1) is 8.61. The molecule has 0 radical (unpaired) electrons. The van der Waals surface area contributed by atoms with Gasteiger partial charge in [-0.05, 0) is 49.8 Å². The largest absolute Gasteiger partial charge is 0.338 e. The Morgan fingerprint density at radius 1 is 1.44 bits per heavy atom. The van der Waals surface area contributed by atoms with Crippen LogP contribution in [0.1, 0.15) is 23.7 Å². The smallest absolute Gasteiger partial charge is 0.253 e. The molecule has 0 spiro atoms. The normalized spacial score (nSPS) is 21.1. The minimum atomic E-state index is 0.130. The van der Waals surface area contributed by atoms with Crippen molar-refractivity contribution >= 4 is 17.7 Å². The molecule has 2 atom stereocenters. The van der Waals surface area contributed by atoms with Crippen LogP contribution in [0.5, 0.6) is 0 Å². The van der Waals surface area contributed by atoms with Gasteiger partial charge >= 0.3 is 0 Å². The van der Waals surface area contributed by atoms with E-state index in [4.69, 9.17) is 5.73 Å². The first-order valence-corrected chi connectivity index (χ1v) is 7.53. The SMILES string of the molecule is CSc1ccc(C(=O)N2CCC(C(C)N)C2)cc1. The van der Waals surface area contributed by atoms with Gasteiger partial charge in [0.05, 0.1) is 0 Å². The van der Waals surface area contributed by atoms with Gasteiger partial charge in [0.1, 0.15) is 0 Å². The van der Waals surface area contributed by atoms with Crippen molar-refractivity contribution in [3.8, 4) is 0 Å². The number of hydrogen-bond acceptors (Lipinski definition) is 3. The van der Waals surface area contributed by atoms with Crippen molar-refractivity contribution in [2.75, 3.05) is 19.3 Å². The maximum atomic E-state index is 12.3. The summed E-state index contributed by atoms with van der Waals surface area (Å²) < 4.78 is 0. The number of likely N-dealkylation sites (tertiary alicyclic amines) is 1. The summed E-state index contributed by atoms with van der Waals surface area (Å²) in [5.41, 5.74) is 6.67. The lowest BCUT2D eigenvalue weighted by Gasteiger charge is -2.18. The fraction of sp³-hybridized carbons (Fsp3) is 0.500. The number of nitrogens with two attached hydrogens (primary N) is 1. The van der Waals surface area contributed by atoms with E-state index in [-0.39, 0.29) is 11.9 Å². The minimum absolute atomic E-state index is 0.130. The Morgan fingerprint density at radius 3 is 2.61 bits per heavy atom. The van der Waals surface area contributed by atoms with Crippen LogP contribution in [-0.4, -0.2) is 36.2 Å². The molecule has 1 saturated heterocycles. The molecule has 0 aromatic heterocycles. The number of benzene rings is 1. The van der Waals surface area contributed by atoms with Gasteiger partial charge in [0, 0.05) is 29.6 Å². The molecule has 2 unspecified atom stereocenters. The fourth-order valence-electron chi connectivity index (χ4n) is 2.32. The summed E-state index contributed by atoms with van der Waals surface area (Å²) in [5.74, 6) is 0.574. The van der Waals surface area contributed by atoms with E-state index in [1.165, 1.54) is 4.90 Å². The van der Waals surface area contributed by atoms with Crippen LogP contribution in [-0.2, 0) is 0 Å². The zero-order chi connectivity index (χ0) is 13.1. The highest BCUT2D eigenvalue weighted by Crippen LogP contribution is 2.22. The summed E-state index contributed by atoms with van der Waals surface area (Å²) in [6, 6.07) is 7.98. The van der Waals surface area contributed by atoms with Crippen molar-refractivity contribution in [2.24, 2.45) is 11.7 Å². The Bertz CT molecular complexity index is 416. The molecule has 98 valence electrons. The molecule has 4 heteroatoms. The molecule has 0 saturated carbocycles. The lowest BCUT2D eigenvalue weighted by atomic mass is 10.0. The summed E-state index contributed by atoms with van der Waals surface area (Å²) in [6.45, 7) is 3.64. The highest BCUT2D eigenvalue weighted by molar-refractivity contribution is 7.98. The molecule has 1 aliphatic rings. The summed E-state index contributed by atoms with van der Waals surface area (Å²) in [6.07, 6.45) is 3.05. The second kappa shape index (κ2) is 5.76. The van der Waals surface area contributed by atoms with Crippen LogP contribution in [0.25, 0.3) is 0 Å². The van der Waals surface area contributed by atoms with Gasteiger partial charge in [-0.1, -0.05) is 0 Å². The maximum absolute atomic E-state index is 12.3. The first kappa shape index (κ1) is 13.4. The van der Waals surface area contributed by atoms with Gasteiger partial charge in [0.2, 0.25) is 0 Å². The number of hydrogen-bond donors (Lipinski definition) is 1. The molecule has 3 nitrogen and oxygen atoms in total. The third-order valence-electron chi connectivity index (χ3n) is 3.59. The molecule has 1 heterocycles. The zero-order valence-electron chi connectivity index (χ0n) is 10.9. The predicted molar refractivity (Wildman–Crippen MR) is 75.9 cm³/mol. The van der Waals surface area contributed by atoms with Crippen LogP contribution in [0.4, 0.5) is 0 Å². The monoisotopic (exact) mass is 264 g/mol. The Balaban J connectivity index is 2.03. The molecule has 0 bridgehead atoms. The standard InChI is InChI=1S/C14H20N2OS/c1-10(15)12-7-8-16(9-12)14(17)11-3-5-13(18-2)6-4-11/h3-6,10,12H,7-9,15H2,1-2H3. The molecule has 2 rings (SSSR count). The number of carbonyl (C=O) groups excluding carboxylic acids is 1. The average molecular weight is 264 g/mol. The van der Waals surface area contributed by atoms with Crippen LogP contribution in [0.2, 0.25) is 0 Å². The number of amides is 1. The third kappa shape index (κ3) is 2.87. The molecule has 18 heavy (non-hydrogen) atoms. The minimum Gasteiger partial charge on any atom is -0.338 e. The van der Waals surface area contributed by atoms with Crippen molar-refractivity contribution in [2.45, 2.75) is 24.3 Å². The lowest BCUT2D eigenvalue weighted by molar-refractivity contribution is 0.0786. The van der Waals surface area contributed by atoms with Crippen LogP contribution >= 0.6 is 11.8 Å². The Hall–Kier alpha value is -1.00. The van der Waals surface area contributed by atoms with E-state index in [2.05, 4.69) is 0 Å². The van der Waals surface area contributed by atoms with E-state index in [0.29, 0.717) is 5.92 Å². The summed E-state index contributed by atoms with van der Waals surface area (Å²) >= 11 is 1.68. The molecule has 1 aromatic rings. The van der Waals surface area contributed by atoms with E-state index < -0.39 is 0 Å². The number of nitrogens with zero attached hydrogens (tertiary/aromatic N) is 1. The quantitative estimate of drug-likeness (QED) is 0.852. The van der Waals surface area contributed by atoms with Gasteiger partial charge in [-0.3, -0.25) is 4.79 Å². The topological polar surface area (TPSA) is 46.3 Å². The van der Waals surface area contributed by atoms with Crippen LogP contribution in [0.3, 0.4) is 0 Å². The van der Waals surface area contributed by atoms with Gasteiger partial charge in [-0.25, -0.2) is 0 Å². The summed E-state index contributed by atoms with van der Waals surface area (Å²) in [5, 5.41) is 0. The van der Waals surface area contributed by atoms with Gasteiger partial charge in [-0.2, -0.15) is 0 Å². The van der Waals surface area contributed by atoms with E-state index in [1.807, 2.05) is 42.3 Å². The van der Waals surface area contributed by atoms with Gasteiger partial charge in [-0.15, -0.1) is 11.8 Å². The molecule has 1 aromatic carbocycles. The van der Waals surface area contributed by atoms with Crippen molar-refractivity contribution in [1.29, 1.82) is 0 Å². The molecule has 2 N–H and O–H groups in total. The maximum Gasteiger partial charge on any atom is 0.253 e. The Kier molecular flexibility index (Phi) is 4.30. The molecular weight excluding hydrogens is 244 g/mol. The van der Waals surface area contributed by atoms with Crippen molar-refractivity contribution in [3.05, 3.63) is 29.8 Å². The molecular formula is C14H20N2OS. The average Bonchev–Trinajstić information content (AvgIpc) is 2.88. The van der Waals surface area contributed by atoms with Gasteiger partial charge < -0.3 is 10.6 Å². The van der Waals surface area contributed by atoms with Crippen molar-refractivity contribution in [3.63, 3.8) is 0 Å². The van der Waals surface area contributed by atoms with Crippen molar-refractivity contribution < 1.29 is 4.79 Å². The summed E-state index contributed by atoms with van der Waals surface area (Å²) in [4.78, 5) is 15.4. The first-order valence-electron chi connectivity index (χ1n) is 6.30. The molecule has 1 fully saturated rings. The van der Waals surface area contributed by atoms with Crippen LogP contribution in [0.15, 0.2) is 29.2 Å². The van der Waals surface area contributed by atoms with E-state index in [9.17, 15) is 4.79 Å². The molecule has 1 amide bonds. The van der Waals surface area contributed by atoms with Gasteiger partial charge in [0.15, 0.2) is 0 Å². The highest BCUT2D eigenvalue weighted by atomic mass is 32.2. The predicted octanol–water partition coefficient (Wildman–Crippen LogP) is 2.22. The fourth-order valence-corrected chi connectivity index (χ4v) is 2.73. The van der Waals surface area contributed by atoms with E-state index in [1.54, 1.807) is 11.8 Å². The highest BCUT2D eigenvalue weighted by Gasteiger charge is 2.28. The Morgan fingerprint density at radius 2 is 2.11 bits per heavy atom. The lowest BCUT2D eigenvalue weighted by Crippen LogP contribution is -2.32. The number of thioether (sulfide) groups is 1. The van der Waals surface area contributed by atoms with E-state index in [0.717, 1.165) is 25.1 Å². The molecule has 1 aliphatic heterocycles.